The van der Waals surface area contributed by atoms with Crippen LogP contribution in [-0.4, -0.2) is 27.7 Å². The number of benzene rings is 1. The van der Waals surface area contributed by atoms with Crippen LogP contribution < -0.4 is 16.4 Å². The summed E-state index contributed by atoms with van der Waals surface area (Å²) in [5.74, 6) is 0.259. The standard InChI is InChI=1S/C14H13F3N6/c15-14(16,17)7-20-12-10-4-5-19-11(10)22-13(23-12)21-9-3-1-2-8(18)6-9/h1-6H,7,18H2,(H3,19,20,21,22,23). The van der Waals surface area contributed by atoms with E-state index < -0.39 is 12.7 Å². The lowest BCUT2D eigenvalue weighted by atomic mass is 10.3. The van der Waals surface area contributed by atoms with Crippen molar-refractivity contribution < 1.29 is 13.2 Å². The molecular weight excluding hydrogens is 309 g/mol. The molecule has 3 aromatic rings. The highest BCUT2D eigenvalue weighted by molar-refractivity contribution is 5.88. The highest BCUT2D eigenvalue weighted by Gasteiger charge is 2.27. The highest BCUT2D eigenvalue weighted by Crippen LogP contribution is 2.25. The van der Waals surface area contributed by atoms with Crippen LogP contribution in [0.2, 0.25) is 0 Å². The molecule has 0 bridgehead atoms. The van der Waals surface area contributed by atoms with E-state index in [1.165, 1.54) is 0 Å². The zero-order valence-corrected chi connectivity index (χ0v) is 11.8. The molecular formula is C14H13F3N6. The lowest BCUT2D eigenvalue weighted by molar-refractivity contribution is -0.115. The third kappa shape index (κ3) is 3.62. The monoisotopic (exact) mass is 322 g/mol. The number of aromatic amines is 1. The molecule has 0 spiro atoms. The van der Waals surface area contributed by atoms with Crippen molar-refractivity contribution in [2.45, 2.75) is 6.18 Å². The van der Waals surface area contributed by atoms with Gasteiger partial charge in [0.05, 0.1) is 5.39 Å². The van der Waals surface area contributed by atoms with Gasteiger partial charge in [-0.05, 0) is 24.3 Å². The summed E-state index contributed by atoms with van der Waals surface area (Å²) in [6.45, 7) is -1.18. The van der Waals surface area contributed by atoms with Gasteiger partial charge in [-0.1, -0.05) is 6.07 Å². The number of aromatic nitrogens is 3. The second-order valence-electron chi connectivity index (χ2n) is 4.85. The van der Waals surface area contributed by atoms with E-state index in [-0.39, 0.29) is 11.8 Å². The van der Waals surface area contributed by atoms with E-state index >= 15 is 0 Å². The quantitative estimate of drug-likeness (QED) is 0.553. The molecule has 0 unspecified atom stereocenters. The molecule has 3 rings (SSSR count). The fourth-order valence-electron chi connectivity index (χ4n) is 2.06. The second-order valence-corrected chi connectivity index (χ2v) is 4.85. The molecule has 0 amide bonds. The molecule has 0 saturated heterocycles. The van der Waals surface area contributed by atoms with Crippen LogP contribution in [-0.2, 0) is 0 Å². The fraction of sp³-hybridized carbons (Fsp3) is 0.143. The summed E-state index contributed by atoms with van der Waals surface area (Å²) in [5.41, 5.74) is 7.30. The molecule has 9 heteroatoms. The lowest BCUT2D eigenvalue weighted by Gasteiger charge is -2.12. The van der Waals surface area contributed by atoms with Crippen molar-refractivity contribution in [3.63, 3.8) is 0 Å². The first-order chi connectivity index (χ1) is 10.9. The second kappa shape index (κ2) is 5.67. The Hall–Kier alpha value is -2.97. The predicted molar refractivity (Wildman–Crippen MR) is 82.6 cm³/mol. The molecule has 2 aromatic heterocycles. The SMILES string of the molecule is Nc1cccc(Nc2nc(NCC(F)(F)F)c3cc[nH]c3n2)c1. The van der Waals surface area contributed by atoms with E-state index in [4.69, 9.17) is 5.73 Å². The van der Waals surface area contributed by atoms with Gasteiger partial charge in [0.2, 0.25) is 5.95 Å². The van der Waals surface area contributed by atoms with Crippen LogP contribution in [0.5, 0.6) is 0 Å². The maximum Gasteiger partial charge on any atom is 0.405 e. The van der Waals surface area contributed by atoms with Crippen molar-refractivity contribution in [3.8, 4) is 0 Å². The van der Waals surface area contributed by atoms with E-state index in [0.717, 1.165) is 0 Å². The van der Waals surface area contributed by atoms with Crippen LogP contribution in [0, 0.1) is 0 Å². The number of nitrogens with one attached hydrogen (secondary N) is 3. The lowest BCUT2D eigenvalue weighted by Crippen LogP contribution is -2.22. The van der Waals surface area contributed by atoms with Crippen molar-refractivity contribution in [2.24, 2.45) is 0 Å². The maximum atomic E-state index is 12.4. The molecule has 23 heavy (non-hydrogen) atoms. The summed E-state index contributed by atoms with van der Waals surface area (Å²) >= 11 is 0. The Bertz CT molecular complexity index is 827. The largest absolute Gasteiger partial charge is 0.405 e. The summed E-state index contributed by atoms with van der Waals surface area (Å²) in [6, 6.07) is 8.50. The van der Waals surface area contributed by atoms with Gasteiger partial charge in [-0.25, -0.2) is 0 Å². The first-order valence-corrected chi connectivity index (χ1v) is 6.69. The highest BCUT2D eigenvalue weighted by atomic mass is 19.4. The number of anilines is 4. The summed E-state index contributed by atoms with van der Waals surface area (Å²) in [6.07, 6.45) is -2.75. The number of fused-ring (bicyclic) bond motifs is 1. The number of nitrogens with two attached hydrogens (primary N) is 1. The molecule has 1 aromatic carbocycles. The molecule has 0 aliphatic heterocycles. The molecule has 2 heterocycles. The van der Waals surface area contributed by atoms with Crippen molar-refractivity contribution in [1.82, 2.24) is 15.0 Å². The van der Waals surface area contributed by atoms with E-state index in [2.05, 4.69) is 25.6 Å². The van der Waals surface area contributed by atoms with E-state index in [1.54, 1.807) is 36.5 Å². The molecule has 0 aliphatic carbocycles. The van der Waals surface area contributed by atoms with Gasteiger partial charge >= 0.3 is 6.18 Å². The average Bonchev–Trinajstić information content (AvgIpc) is 2.92. The summed E-state index contributed by atoms with van der Waals surface area (Å²) in [7, 11) is 0. The Kier molecular flexibility index (Phi) is 3.68. The van der Waals surface area contributed by atoms with Crippen LogP contribution in [0.15, 0.2) is 36.5 Å². The number of H-pyrrole nitrogens is 1. The van der Waals surface area contributed by atoms with E-state index in [9.17, 15) is 13.2 Å². The van der Waals surface area contributed by atoms with Crippen LogP contribution in [0.4, 0.5) is 36.3 Å². The molecule has 0 radical (unpaired) electrons. The first kappa shape index (κ1) is 14.9. The van der Waals surface area contributed by atoms with Crippen LogP contribution >= 0.6 is 0 Å². The summed E-state index contributed by atoms with van der Waals surface area (Å²) < 4.78 is 37.2. The minimum atomic E-state index is -4.34. The number of rotatable bonds is 4. The summed E-state index contributed by atoms with van der Waals surface area (Å²) in [5, 5.41) is 5.69. The molecule has 0 atom stereocenters. The van der Waals surface area contributed by atoms with Gasteiger partial charge in [0.1, 0.15) is 18.0 Å². The molecule has 0 saturated carbocycles. The number of nitrogen functional groups attached to an aromatic ring is 1. The van der Waals surface area contributed by atoms with Gasteiger partial charge in [0.25, 0.3) is 0 Å². The average molecular weight is 322 g/mol. The van der Waals surface area contributed by atoms with Crippen LogP contribution in [0.1, 0.15) is 0 Å². The van der Waals surface area contributed by atoms with Gasteiger partial charge in [-0.15, -0.1) is 0 Å². The van der Waals surface area contributed by atoms with Crippen LogP contribution in [0.25, 0.3) is 11.0 Å². The third-order valence-corrected chi connectivity index (χ3v) is 3.01. The molecule has 6 nitrogen and oxygen atoms in total. The van der Waals surface area contributed by atoms with Gasteiger partial charge in [-0.2, -0.15) is 23.1 Å². The summed E-state index contributed by atoms with van der Waals surface area (Å²) in [4.78, 5) is 11.2. The Labute approximate surface area is 128 Å². The number of nitrogens with zero attached hydrogens (tertiary/aromatic N) is 2. The van der Waals surface area contributed by atoms with Gasteiger partial charge in [0, 0.05) is 17.6 Å². The molecule has 120 valence electrons. The minimum Gasteiger partial charge on any atom is -0.399 e. The Morgan fingerprint density at radius 3 is 2.74 bits per heavy atom. The topological polar surface area (TPSA) is 91.6 Å². The van der Waals surface area contributed by atoms with Crippen molar-refractivity contribution >= 4 is 34.2 Å². The van der Waals surface area contributed by atoms with Crippen LogP contribution in [0.3, 0.4) is 0 Å². The van der Waals surface area contributed by atoms with Crippen molar-refractivity contribution in [2.75, 3.05) is 22.9 Å². The molecule has 0 aliphatic rings. The fourth-order valence-corrected chi connectivity index (χ4v) is 2.06. The first-order valence-electron chi connectivity index (χ1n) is 6.69. The van der Waals surface area contributed by atoms with Gasteiger partial charge in [0.15, 0.2) is 0 Å². The Morgan fingerprint density at radius 2 is 2.00 bits per heavy atom. The predicted octanol–water partition coefficient (Wildman–Crippen LogP) is 3.26. The van der Waals surface area contributed by atoms with E-state index in [1.807, 2.05) is 0 Å². The van der Waals surface area contributed by atoms with Gasteiger partial charge < -0.3 is 21.4 Å². The number of halogens is 3. The van der Waals surface area contributed by atoms with Gasteiger partial charge in [-0.3, -0.25) is 0 Å². The van der Waals surface area contributed by atoms with E-state index in [0.29, 0.717) is 22.4 Å². The molecule has 5 N–H and O–H groups in total. The zero-order chi connectivity index (χ0) is 16.4. The Balaban J connectivity index is 1.92. The normalized spacial score (nSPS) is 11.6. The zero-order valence-electron chi connectivity index (χ0n) is 11.8. The smallest absolute Gasteiger partial charge is 0.399 e. The molecule has 0 fully saturated rings. The number of hydrogen-bond acceptors (Lipinski definition) is 5. The third-order valence-electron chi connectivity index (χ3n) is 3.01. The Morgan fingerprint density at radius 1 is 1.17 bits per heavy atom. The van der Waals surface area contributed by atoms with Crippen molar-refractivity contribution in [3.05, 3.63) is 36.5 Å². The maximum absolute atomic E-state index is 12.4. The van der Waals surface area contributed by atoms with Crippen molar-refractivity contribution in [1.29, 1.82) is 0 Å². The number of hydrogen-bond donors (Lipinski definition) is 4. The number of alkyl halides is 3. The minimum absolute atomic E-state index is 0.0972.